The number of rotatable bonds is 5. The van der Waals surface area contributed by atoms with Crippen LogP contribution in [0.15, 0.2) is 185 Å². The van der Waals surface area contributed by atoms with Crippen LogP contribution in [-0.4, -0.2) is 9.55 Å². The number of thiophene rings is 1. The van der Waals surface area contributed by atoms with Crippen LogP contribution < -0.4 is 4.90 Å². The van der Waals surface area contributed by atoms with Crippen molar-refractivity contribution in [2.75, 3.05) is 4.90 Å². The van der Waals surface area contributed by atoms with Gasteiger partial charge in [-0.1, -0.05) is 97.1 Å². The molecule has 0 radical (unpaired) electrons. The third kappa shape index (κ3) is 4.49. The minimum absolute atomic E-state index is 0.589. The Bertz CT molecular complexity index is 3450. The summed E-state index contributed by atoms with van der Waals surface area (Å²) in [6.07, 6.45) is 0. The second kappa shape index (κ2) is 11.7. The van der Waals surface area contributed by atoms with Gasteiger partial charge in [-0.25, -0.2) is 4.98 Å². The molecule has 0 N–H and O–H groups in total. The number of nitrogens with zero attached hydrogens (tertiary/aromatic N) is 3. The summed E-state index contributed by atoms with van der Waals surface area (Å²) in [5, 5.41) is 6.84. The van der Waals surface area contributed by atoms with Crippen LogP contribution in [0, 0.1) is 0 Å². The van der Waals surface area contributed by atoms with E-state index < -0.39 is 0 Å². The van der Waals surface area contributed by atoms with Gasteiger partial charge in [-0.15, -0.1) is 11.3 Å². The Morgan fingerprint density at radius 1 is 0.473 bits per heavy atom. The molecule has 0 amide bonds. The summed E-state index contributed by atoms with van der Waals surface area (Å²) in [6, 6.07) is 62.0. The van der Waals surface area contributed by atoms with Crippen LogP contribution >= 0.6 is 11.3 Å². The molecule has 0 bridgehead atoms. The summed E-state index contributed by atoms with van der Waals surface area (Å²) in [5.74, 6) is 0.589. The van der Waals surface area contributed by atoms with Crippen molar-refractivity contribution in [3.8, 4) is 17.1 Å². The molecular formula is C49H29N3O2S. The van der Waals surface area contributed by atoms with Crippen LogP contribution in [0.5, 0.6) is 0 Å². The molecule has 0 atom stereocenters. The van der Waals surface area contributed by atoms with Crippen molar-refractivity contribution >= 4 is 103 Å². The second-order valence-electron chi connectivity index (χ2n) is 13.9. The minimum atomic E-state index is 0.589. The van der Waals surface area contributed by atoms with E-state index in [2.05, 4.69) is 149 Å². The van der Waals surface area contributed by atoms with E-state index in [1.807, 2.05) is 47.7 Å². The largest absolute Gasteiger partial charge is 0.456 e. The molecule has 12 rings (SSSR count). The standard InChI is InChI=1S/C49H29N3O2S/c1-3-14-30(15-4-1)49-50-36-28-35-42(29-43(36)54-49)53-41-25-12-22-38(46(35)41)52(39-23-13-27-45-47(39)34-19-8-10-26-44(34)55-45)40-24-11-20-33-32-18-7-9-21-37(32)51(48(33)40)31-16-5-2-6-17-31/h1-29H. The average Bonchev–Trinajstić information content (AvgIpc) is 4.01. The predicted octanol–water partition coefficient (Wildman–Crippen LogP) is 14.3. The number of hydrogen-bond acceptors (Lipinski definition) is 5. The quantitative estimate of drug-likeness (QED) is 0.177. The highest BCUT2D eigenvalue weighted by atomic mass is 32.1. The lowest BCUT2D eigenvalue weighted by molar-refractivity contribution is 0.617. The van der Waals surface area contributed by atoms with Crippen molar-refractivity contribution in [1.82, 2.24) is 9.55 Å². The van der Waals surface area contributed by atoms with Gasteiger partial charge >= 0.3 is 0 Å². The first-order chi connectivity index (χ1) is 27.3. The van der Waals surface area contributed by atoms with Gasteiger partial charge in [0.25, 0.3) is 0 Å². The zero-order valence-corrected chi connectivity index (χ0v) is 30.1. The smallest absolute Gasteiger partial charge is 0.227 e. The summed E-state index contributed by atoms with van der Waals surface area (Å²) >= 11 is 1.83. The Kier molecular flexibility index (Phi) is 6.44. The van der Waals surface area contributed by atoms with E-state index >= 15 is 0 Å². The van der Waals surface area contributed by atoms with Gasteiger partial charge in [-0.2, -0.15) is 0 Å². The molecule has 4 heterocycles. The number of fused-ring (bicyclic) bond motifs is 10. The maximum Gasteiger partial charge on any atom is 0.227 e. The van der Waals surface area contributed by atoms with Gasteiger partial charge in [0.2, 0.25) is 5.89 Å². The number of furan rings is 1. The highest BCUT2D eigenvalue weighted by Crippen LogP contribution is 2.51. The fourth-order valence-corrected chi connectivity index (χ4v) is 9.60. The number of oxazole rings is 1. The van der Waals surface area contributed by atoms with Crippen LogP contribution in [0.4, 0.5) is 17.1 Å². The Morgan fingerprint density at radius 2 is 1.15 bits per heavy atom. The van der Waals surface area contributed by atoms with Crippen molar-refractivity contribution in [2.45, 2.75) is 0 Å². The van der Waals surface area contributed by atoms with Crippen LogP contribution in [0.25, 0.3) is 92.2 Å². The van der Waals surface area contributed by atoms with Crippen LogP contribution in [0.2, 0.25) is 0 Å². The van der Waals surface area contributed by atoms with Crippen molar-refractivity contribution in [2.24, 2.45) is 0 Å². The van der Waals surface area contributed by atoms with Gasteiger partial charge in [-0.05, 0) is 72.8 Å². The first-order valence-electron chi connectivity index (χ1n) is 18.4. The van der Waals surface area contributed by atoms with Gasteiger partial charge in [0, 0.05) is 53.6 Å². The lowest BCUT2D eigenvalue weighted by Gasteiger charge is -2.28. The molecule has 0 spiro atoms. The van der Waals surface area contributed by atoms with E-state index in [1.54, 1.807) is 0 Å². The molecule has 0 unspecified atom stereocenters. The Balaban J connectivity index is 1.22. The fraction of sp³-hybridized carbons (Fsp3) is 0. The Morgan fingerprint density at radius 3 is 2.02 bits per heavy atom. The van der Waals surface area contributed by atoms with Crippen molar-refractivity contribution < 1.29 is 8.83 Å². The topological polar surface area (TPSA) is 47.3 Å². The monoisotopic (exact) mass is 723 g/mol. The molecule has 5 nitrogen and oxygen atoms in total. The second-order valence-corrected chi connectivity index (χ2v) is 15.0. The highest BCUT2D eigenvalue weighted by Gasteiger charge is 2.27. The molecule has 8 aromatic carbocycles. The average molecular weight is 724 g/mol. The summed E-state index contributed by atoms with van der Waals surface area (Å²) in [6.45, 7) is 0. The third-order valence-electron chi connectivity index (χ3n) is 10.8. The Labute approximate surface area is 318 Å². The van der Waals surface area contributed by atoms with E-state index in [-0.39, 0.29) is 0 Å². The van der Waals surface area contributed by atoms with Crippen LogP contribution in [-0.2, 0) is 0 Å². The third-order valence-corrected chi connectivity index (χ3v) is 11.9. The first-order valence-corrected chi connectivity index (χ1v) is 19.2. The van der Waals surface area contributed by atoms with E-state index in [4.69, 9.17) is 13.8 Å². The minimum Gasteiger partial charge on any atom is -0.456 e. The van der Waals surface area contributed by atoms with E-state index in [1.165, 1.54) is 30.9 Å². The molecule has 12 aromatic rings. The lowest BCUT2D eigenvalue weighted by atomic mass is 10.0. The van der Waals surface area contributed by atoms with E-state index in [0.717, 1.165) is 66.8 Å². The molecule has 258 valence electrons. The van der Waals surface area contributed by atoms with E-state index in [0.29, 0.717) is 11.5 Å². The normalized spacial score (nSPS) is 12.0. The molecule has 4 aromatic heterocycles. The summed E-state index contributed by atoms with van der Waals surface area (Å²) in [4.78, 5) is 7.43. The molecule has 6 heteroatoms. The highest BCUT2D eigenvalue weighted by molar-refractivity contribution is 7.26. The molecule has 55 heavy (non-hydrogen) atoms. The van der Waals surface area contributed by atoms with Crippen LogP contribution in [0.1, 0.15) is 0 Å². The van der Waals surface area contributed by atoms with Gasteiger partial charge in [0.05, 0.1) is 33.5 Å². The van der Waals surface area contributed by atoms with Gasteiger partial charge in [0.1, 0.15) is 16.7 Å². The van der Waals surface area contributed by atoms with Crippen molar-refractivity contribution in [3.63, 3.8) is 0 Å². The maximum atomic E-state index is 6.69. The molecule has 0 aliphatic rings. The van der Waals surface area contributed by atoms with Crippen molar-refractivity contribution in [3.05, 3.63) is 176 Å². The predicted molar refractivity (Wildman–Crippen MR) is 229 cm³/mol. The summed E-state index contributed by atoms with van der Waals surface area (Å²) < 4.78 is 17.9. The number of para-hydroxylation sites is 3. The van der Waals surface area contributed by atoms with Gasteiger partial charge in [-0.3, -0.25) is 0 Å². The lowest BCUT2D eigenvalue weighted by Crippen LogP contribution is -2.12. The van der Waals surface area contributed by atoms with Crippen LogP contribution in [0.3, 0.4) is 0 Å². The zero-order chi connectivity index (χ0) is 36.0. The number of hydrogen-bond donors (Lipinski definition) is 0. The molecule has 0 aliphatic heterocycles. The number of aromatic nitrogens is 2. The van der Waals surface area contributed by atoms with Gasteiger partial charge < -0.3 is 18.3 Å². The van der Waals surface area contributed by atoms with E-state index in [9.17, 15) is 0 Å². The number of anilines is 3. The molecule has 0 fully saturated rings. The zero-order valence-electron chi connectivity index (χ0n) is 29.3. The summed E-state index contributed by atoms with van der Waals surface area (Å²) in [5.41, 5.74) is 10.5. The summed E-state index contributed by atoms with van der Waals surface area (Å²) in [7, 11) is 0. The SMILES string of the molecule is c1ccc(-c2nc3cc4c(cc3o2)oc2cccc(N(c3cccc5sc6ccccc6c35)c3cccc5c6ccccc6n(-c6ccccc6)c35)c24)cc1. The maximum absolute atomic E-state index is 6.69. The van der Waals surface area contributed by atoms with Crippen molar-refractivity contribution in [1.29, 1.82) is 0 Å². The molecular weight excluding hydrogens is 695 g/mol. The first kappa shape index (κ1) is 30.3. The Hall–Kier alpha value is -7.15. The molecule has 0 saturated carbocycles. The molecule has 0 aliphatic carbocycles. The fourth-order valence-electron chi connectivity index (χ4n) is 8.48. The molecule has 0 saturated heterocycles. The van der Waals surface area contributed by atoms with Gasteiger partial charge in [0.15, 0.2) is 5.58 Å². The number of benzene rings is 8.